The highest BCUT2D eigenvalue weighted by molar-refractivity contribution is 5.75. The van der Waals surface area contributed by atoms with E-state index in [4.69, 9.17) is 5.11 Å². The first-order valence-corrected chi connectivity index (χ1v) is 5.97. The van der Waals surface area contributed by atoms with E-state index in [1.165, 1.54) is 4.68 Å². The van der Waals surface area contributed by atoms with Gasteiger partial charge in [0.2, 0.25) is 0 Å². The molecular weight excluding hydrogens is 244 g/mol. The summed E-state index contributed by atoms with van der Waals surface area (Å²) in [4.78, 5) is 22.8. The Morgan fingerprint density at radius 2 is 2.05 bits per heavy atom. The van der Waals surface area contributed by atoms with Crippen LogP contribution in [0.15, 0.2) is 23.0 Å². The maximum absolute atomic E-state index is 11.9. The molecule has 2 rings (SSSR count). The Bertz CT molecular complexity index is 695. The first kappa shape index (κ1) is 13.1. The fourth-order valence-corrected chi connectivity index (χ4v) is 2.23. The number of hydrogen-bond donors (Lipinski definition) is 2. The van der Waals surface area contributed by atoms with Gasteiger partial charge in [-0.3, -0.25) is 19.4 Å². The van der Waals surface area contributed by atoms with E-state index in [9.17, 15) is 9.59 Å². The number of rotatable bonds is 3. The average molecular weight is 260 g/mol. The van der Waals surface area contributed by atoms with Gasteiger partial charge in [0.05, 0.1) is 17.7 Å². The van der Waals surface area contributed by atoms with Crippen LogP contribution >= 0.6 is 0 Å². The van der Waals surface area contributed by atoms with Gasteiger partial charge in [-0.1, -0.05) is 23.8 Å². The van der Waals surface area contributed by atoms with Crippen LogP contribution in [0.25, 0.3) is 11.3 Å². The maximum atomic E-state index is 11.9. The number of nitrogens with one attached hydrogen (secondary N) is 1. The first-order chi connectivity index (χ1) is 8.90. The Hall–Kier alpha value is -2.30. The molecule has 0 atom stereocenters. The molecule has 1 heterocycles. The Balaban J connectivity index is 2.65. The lowest BCUT2D eigenvalue weighted by Gasteiger charge is -2.06. The van der Waals surface area contributed by atoms with E-state index in [-0.39, 0.29) is 12.0 Å². The Labute approximate surface area is 110 Å². The summed E-state index contributed by atoms with van der Waals surface area (Å²) in [7, 11) is 1.58. The largest absolute Gasteiger partial charge is 0.481 e. The van der Waals surface area contributed by atoms with E-state index in [1.54, 1.807) is 7.05 Å². The van der Waals surface area contributed by atoms with Crippen LogP contribution in [0.2, 0.25) is 0 Å². The normalized spacial score (nSPS) is 10.7. The zero-order chi connectivity index (χ0) is 14.2. The SMILES string of the molecule is Cc1ccc(-c2[nH]n(C)c(=O)c2CC(=O)O)c(C)c1. The molecule has 0 radical (unpaired) electrons. The van der Waals surface area contributed by atoms with E-state index >= 15 is 0 Å². The number of hydrogen-bond acceptors (Lipinski definition) is 2. The number of carboxylic acid groups (broad SMARTS) is 1. The Morgan fingerprint density at radius 3 is 2.63 bits per heavy atom. The molecule has 5 nitrogen and oxygen atoms in total. The third kappa shape index (κ3) is 2.45. The highest BCUT2D eigenvalue weighted by atomic mass is 16.4. The summed E-state index contributed by atoms with van der Waals surface area (Å²) >= 11 is 0. The second-order valence-corrected chi connectivity index (χ2v) is 4.72. The van der Waals surface area contributed by atoms with Crippen LogP contribution in [-0.2, 0) is 18.3 Å². The lowest BCUT2D eigenvalue weighted by Crippen LogP contribution is -2.17. The molecule has 0 bridgehead atoms. The van der Waals surface area contributed by atoms with Crippen LogP contribution in [0.4, 0.5) is 0 Å². The van der Waals surface area contributed by atoms with E-state index in [1.807, 2.05) is 32.0 Å². The summed E-state index contributed by atoms with van der Waals surface area (Å²) < 4.78 is 1.31. The quantitative estimate of drug-likeness (QED) is 0.880. The molecule has 1 aromatic carbocycles. The van der Waals surface area contributed by atoms with Crippen LogP contribution in [0.3, 0.4) is 0 Å². The van der Waals surface area contributed by atoms with Crippen molar-refractivity contribution in [2.45, 2.75) is 20.3 Å². The molecule has 0 spiro atoms. The van der Waals surface area contributed by atoms with E-state index in [0.29, 0.717) is 11.3 Å². The standard InChI is InChI=1S/C14H16N2O3/c1-8-4-5-10(9(2)6-8)13-11(7-12(17)18)14(19)16(3)15-13/h4-6,15H,7H2,1-3H3,(H,17,18). The molecule has 0 aliphatic heterocycles. The summed E-state index contributed by atoms with van der Waals surface area (Å²) in [5.41, 5.74) is 3.58. The zero-order valence-electron chi connectivity index (χ0n) is 11.2. The smallest absolute Gasteiger partial charge is 0.308 e. The third-order valence-electron chi connectivity index (χ3n) is 3.12. The molecule has 1 aromatic heterocycles. The fourth-order valence-electron chi connectivity index (χ4n) is 2.23. The number of aromatic amines is 1. The second kappa shape index (κ2) is 4.76. The van der Waals surface area contributed by atoms with Crippen molar-refractivity contribution in [3.63, 3.8) is 0 Å². The van der Waals surface area contributed by atoms with Crippen molar-refractivity contribution in [2.24, 2.45) is 7.05 Å². The minimum atomic E-state index is -1.01. The number of aryl methyl sites for hydroxylation is 3. The number of carboxylic acids is 1. The molecular formula is C14H16N2O3. The summed E-state index contributed by atoms with van der Waals surface area (Å²) in [6.45, 7) is 3.93. The van der Waals surface area contributed by atoms with Gasteiger partial charge in [0.25, 0.3) is 5.56 Å². The van der Waals surface area contributed by atoms with Crippen molar-refractivity contribution in [1.82, 2.24) is 9.78 Å². The molecule has 0 aliphatic carbocycles. The van der Waals surface area contributed by atoms with Crippen molar-refractivity contribution in [1.29, 1.82) is 0 Å². The van der Waals surface area contributed by atoms with E-state index < -0.39 is 5.97 Å². The molecule has 2 N–H and O–H groups in total. The molecule has 100 valence electrons. The monoisotopic (exact) mass is 260 g/mol. The van der Waals surface area contributed by atoms with Crippen molar-refractivity contribution < 1.29 is 9.90 Å². The molecule has 0 unspecified atom stereocenters. The second-order valence-electron chi connectivity index (χ2n) is 4.72. The van der Waals surface area contributed by atoms with Crippen molar-refractivity contribution in [2.75, 3.05) is 0 Å². The number of benzene rings is 1. The number of nitrogens with zero attached hydrogens (tertiary/aromatic N) is 1. The summed E-state index contributed by atoms with van der Waals surface area (Å²) in [5.74, 6) is -1.01. The van der Waals surface area contributed by atoms with E-state index in [2.05, 4.69) is 5.10 Å². The van der Waals surface area contributed by atoms with Gasteiger partial charge in [0, 0.05) is 12.6 Å². The third-order valence-corrected chi connectivity index (χ3v) is 3.12. The number of aromatic nitrogens is 2. The highest BCUT2D eigenvalue weighted by Gasteiger charge is 2.18. The fraction of sp³-hybridized carbons (Fsp3) is 0.286. The first-order valence-electron chi connectivity index (χ1n) is 5.97. The summed E-state index contributed by atoms with van der Waals surface area (Å²) in [5, 5.41) is 11.9. The van der Waals surface area contributed by atoms with Gasteiger partial charge in [-0.15, -0.1) is 0 Å². The number of carbonyl (C=O) groups is 1. The van der Waals surface area contributed by atoms with Gasteiger partial charge in [0.15, 0.2) is 0 Å². The van der Waals surface area contributed by atoms with Gasteiger partial charge in [0.1, 0.15) is 0 Å². The number of aliphatic carboxylic acids is 1. The molecule has 0 amide bonds. The lowest BCUT2D eigenvalue weighted by atomic mass is 9.99. The summed E-state index contributed by atoms with van der Waals surface area (Å²) in [6, 6.07) is 5.85. The molecule has 2 aromatic rings. The number of H-pyrrole nitrogens is 1. The topological polar surface area (TPSA) is 75.1 Å². The minimum absolute atomic E-state index is 0.279. The highest BCUT2D eigenvalue weighted by Crippen LogP contribution is 2.24. The molecule has 5 heteroatoms. The van der Waals surface area contributed by atoms with Crippen LogP contribution in [0.1, 0.15) is 16.7 Å². The molecule has 0 saturated carbocycles. The lowest BCUT2D eigenvalue weighted by molar-refractivity contribution is -0.136. The summed E-state index contributed by atoms with van der Waals surface area (Å²) in [6.07, 6.45) is -0.279. The van der Waals surface area contributed by atoms with Crippen molar-refractivity contribution in [3.8, 4) is 11.3 Å². The Kier molecular flexibility index (Phi) is 3.29. The molecule has 0 saturated heterocycles. The molecule has 0 fully saturated rings. The van der Waals surface area contributed by atoms with Crippen molar-refractivity contribution >= 4 is 5.97 Å². The van der Waals surface area contributed by atoms with Crippen LogP contribution < -0.4 is 5.56 Å². The Morgan fingerprint density at radius 1 is 1.37 bits per heavy atom. The van der Waals surface area contributed by atoms with Gasteiger partial charge in [-0.2, -0.15) is 0 Å². The van der Waals surface area contributed by atoms with Gasteiger partial charge in [-0.25, -0.2) is 0 Å². The predicted molar refractivity (Wildman–Crippen MR) is 72.3 cm³/mol. The molecule has 0 aliphatic rings. The average Bonchev–Trinajstić information content (AvgIpc) is 2.57. The van der Waals surface area contributed by atoms with E-state index in [0.717, 1.165) is 16.7 Å². The van der Waals surface area contributed by atoms with Gasteiger partial charge >= 0.3 is 5.97 Å². The zero-order valence-corrected chi connectivity index (χ0v) is 11.2. The van der Waals surface area contributed by atoms with Crippen molar-refractivity contribution in [3.05, 3.63) is 45.2 Å². The van der Waals surface area contributed by atoms with Crippen LogP contribution in [-0.4, -0.2) is 20.9 Å². The predicted octanol–water partition coefficient (Wildman–Crippen LogP) is 1.62. The van der Waals surface area contributed by atoms with Gasteiger partial charge in [-0.05, 0) is 19.4 Å². The van der Waals surface area contributed by atoms with Gasteiger partial charge < -0.3 is 5.11 Å². The minimum Gasteiger partial charge on any atom is -0.481 e. The molecule has 19 heavy (non-hydrogen) atoms. The maximum Gasteiger partial charge on any atom is 0.308 e. The van der Waals surface area contributed by atoms with Crippen LogP contribution in [0, 0.1) is 13.8 Å². The van der Waals surface area contributed by atoms with Crippen LogP contribution in [0.5, 0.6) is 0 Å².